The van der Waals surface area contributed by atoms with Gasteiger partial charge in [0.05, 0.1) is 18.8 Å². The first-order valence-electron chi connectivity index (χ1n) is 15.3. The number of anilines is 2. The Hall–Kier alpha value is -4.64. The molecule has 2 fully saturated rings. The number of primary amides is 1. The van der Waals surface area contributed by atoms with Gasteiger partial charge in [-0.2, -0.15) is 0 Å². The van der Waals surface area contributed by atoms with Crippen molar-refractivity contribution in [2.45, 2.75) is 52.2 Å². The molecule has 1 aromatic heterocycles. The van der Waals surface area contributed by atoms with Crippen molar-refractivity contribution in [2.24, 2.45) is 5.73 Å². The lowest BCUT2D eigenvalue weighted by atomic mass is 9.97. The van der Waals surface area contributed by atoms with Gasteiger partial charge in [-0.3, -0.25) is 9.59 Å². The van der Waals surface area contributed by atoms with E-state index in [4.69, 9.17) is 19.9 Å². The molecule has 238 valence electrons. The normalized spacial score (nSPS) is 15.8. The summed E-state index contributed by atoms with van der Waals surface area (Å²) in [5.41, 5.74) is 8.90. The second-order valence-corrected chi connectivity index (χ2v) is 12.3. The van der Waals surface area contributed by atoms with Crippen LogP contribution >= 0.6 is 0 Å². The van der Waals surface area contributed by atoms with Crippen molar-refractivity contribution in [3.63, 3.8) is 0 Å². The van der Waals surface area contributed by atoms with Gasteiger partial charge in [0.2, 0.25) is 5.91 Å². The van der Waals surface area contributed by atoms with Crippen LogP contribution < -0.4 is 20.7 Å². The number of aryl methyl sites for hydroxylation is 1. The van der Waals surface area contributed by atoms with E-state index < -0.39 is 11.5 Å². The fraction of sp³-hybridized carbons (Fsp3) is 0.412. The Bertz CT molecular complexity index is 1540. The first kappa shape index (κ1) is 31.8. The lowest BCUT2D eigenvalue weighted by molar-refractivity contribution is 0.0126. The zero-order chi connectivity index (χ0) is 32.1. The number of likely N-dealkylation sites (tertiary alicyclic amines) is 1. The van der Waals surface area contributed by atoms with Gasteiger partial charge in [-0.25, -0.2) is 9.78 Å². The summed E-state index contributed by atoms with van der Waals surface area (Å²) in [4.78, 5) is 46.5. The molecular formula is C34H41N5O6. The van der Waals surface area contributed by atoms with Gasteiger partial charge in [0.1, 0.15) is 23.3 Å². The maximum absolute atomic E-state index is 13.3. The Morgan fingerprint density at radius 1 is 0.978 bits per heavy atom. The fourth-order valence-electron chi connectivity index (χ4n) is 5.42. The van der Waals surface area contributed by atoms with Crippen molar-refractivity contribution >= 4 is 29.4 Å². The predicted octanol–water partition coefficient (Wildman–Crippen LogP) is 5.02. The lowest BCUT2D eigenvalue weighted by Gasteiger charge is -2.33. The van der Waals surface area contributed by atoms with Crippen molar-refractivity contribution < 1.29 is 28.6 Å². The number of nitrogens with zero attached hydrogens (tertiary/aromatic N) is 3. The highest BCUT2D eigenvalue weighted by Crippen LogP contribution is 2.35. The van der Waals surface area contributed by atoms with Crippen molar-refractivity contribution in [2.75, 3.05) is 49.6 Å². The van der Waals surface area contributed by atoms with Crippen molar-refractivity contribution in [1.29, 1.82) is 0 Å². The average molecular weight is 616 g/mol. The SMILES string of the molecule is Cc1ccc(-c2c(C(N)=O)ccnc2N2CCOCC2)cc1NC(=O)c1ccc(OC2CCN(C(=O)OC(C)(C)C)CC2)cc1. The summed E-state index contributed by atoms with van der Waals surface area (Å²) < 4.78 is 17.1. The van der Waals surface area contributed by atoms with Gasteiger partial charge in [-0.1, -0.05) is 12.1 Å². The number of amides is 3. The number of pyridine rings is 1. The van der Waals surface area contributed by atoms with E-state index >= 15 is 0 Å². The summed E-state index contributed by atoms with van der Waals surface area (Å²) in [6, 6.07) is 14.3. The highest BCUT2D eigenvalue weighted by atomic mass is 16.6. The molecule has 3 heterocycles. The number of carbonyl (C=O) groups excluding carboxylic acids is 3. The number of nitrogens with two attached hydrogens (primary N) is 1. The van der Waals surface area contributed by atoms with Gasteiger partial charge < -0.3 is 35.1 Å². The van der Waals surface area contributed by atoms with E-state index in [1.165, 1.54) is 0 Å². The van der Waals surface area contributed by atoms with Gasteiger partial charge in [0.25, 0.3) is 5.91 Å². The number of nitrogens with one attached hydrogen (secondary N) is 1. The third kappa shape index (κ3) is 7.91. The lowest BCUT2D eigenvalue weighted by Crippen LogP contribution is -2.44. The van der Waals surface area contributed by atoms with E-state index in [2.05, 4.69) is 15.2 Å². The second kappa shape index (κ2) is 13.6. The predicted molar refractivity (Wildman–Crippen MR) is 172 cm³/mol. The molecular weight excluding hydrogens is 574 g/mol. The van der Waals surface area contributed by atoms with Crippen LogP contribution in [0.25, 0.3) is 11.1 Å². The third-order valence-electron chi connectivity index (χ3n) is 7.79. The van der Waals surface area contributed by atoms with E-state index in [1.54, 1.807) is 41.4 Å². The molecule has 2 aromatic carbocycles. The smallest absolute Gasteiger partial charge is 0.410 e. The molecule has 45 heavy (non-hydrogen) atoms. The molecule has 3 aromatic rings. The second-order valence-electron chi connectivity index (χ2n) is 12.3. The first-order valence-corrected chi connectivity index (χ1v) is 15.3. The zero-order valence-electron chi connectivity index (χ0n) is 26.3. The molecule has 3 amide bonds. The van der Waals surface area contributed by atoms with Crippen LogP contribution in [0, 0.1) is 6.92 Å². The summed E-state index contributed by atoms with van der Waals surface area (Å²) in [6.07, 6.45) is 2.64. The number of piperidine rings is 1. The van der Waals surface area contributed by atoms with Crippen LogP contribution in [0.3, 0.4) is 0 Å². The van der Waals surface area contributed by atoms with Crippen LogP contribution in [0.5, 0.6) is 5.75 Å². The largest absolute Gasteiger partial charge is 0.490 e. The van der Waals surface area contributed by atoms with Gasteiger partial charge in [0.15, 0.2) is 0 Å². The number of rotatable bonds is 7. The Balaban J connectivity index is 1.26. The summed E-state index contributed by atoms with van der Waals surface area (Å²) in [6.45, 7) is 11.0. The monoisotopic (exact) mass is 615 g/mol. The summed E-state index contributed by atoms with van der Waals surface area (Å²) in [5.74, 6) is 0.486. The molecule has 0 aliphatic carbocycles. The minimum absolute atomic E-state index is 0.0334. The van der Waals surface area contributed by atoms with Crippen LogP contribution in [-0.4, -0.2) is 78.9 Å². The van der Waals surface area contributed by atoms with Crippen molar-refractivity contribution in [1.82, 2.24) is 9.88 Å². The molecule has 3 N–H and O–H groups in total. The molecule has 2 aliphatic rings. The van der Waals surface area contributed by atoms with Gasteiger partial charge in [-0.05, 0) is 75.2 Å². The maximum Gasteiger partial charge on any atom is 0.410 e. The van der Waals surface area contributed by atoms with E-state index in [9.17, 15) is 14.4 Å². The number of carbonyl (C=O) groups is 3. The topological polar surface area (TPSA) is 136 Å². The highest BCUT2D eigenvalue weighted by Gasteiger charge is 2.28. The number of hydrogen-bond acceptors (Lipinski definition) is 8. The van der Waals surface area contributed by atoms with E-state index in [1.807, 2.05) is 45.9 Å². The van der Waals surface area contributed by atoms with Crippen molar-refractivity contribution in [3.8, 4) is 16.9 Å². The molecule has 11 nitrogen and oxygen atoms in total. The van der Waals surface area contributed by atoms with E-state index in [0.717, 1.165) is 11.1 Å². The molecule has 0 saturated carbocycles. The molecule has 0 radical (unpaired) electrons. The van der Waals surface area contributed by atoms with E-state index in [0.29, 0.717) is 86.2 Å². The summed E-state index contributed by atoms with van der Waals surface area (Å²) >= 11 is 0. The first-order chi connectivity index (χ1) is 21.5. The van der Waals surface area contributed by atoms with Gasteiger partial charge in [-0.15, -0.1) is 0 Å². The molecule has 0 unspecified atom stereocenters. The minimum Gasteiger partial charge on any atom is -0.490 e. The average Bonchev–Trinajstić information content (AvgIpc) is 3.02. The molecule has 2 saturated heterocycles. The molecule has 11 heteroatoms. The standard InChI is InChI=1S/C34H41N5O6/c1-22-5-6-24(29-27(30(35)40)11-14-36-31(29)38-17-19-43-20-18-38)21-28(22)37-32(41)23-7-9-25(10-8-23)44-26-12-15-39(16-13-26)33(42)45-34(2,3)4/h5-11,14,21,26H,12-13,15-20H2,1-4H3,(H2,35,40)(H,37,41). The molecule has 0 atom stereocenters. The molecule has 5 rings (SSSR count). The molecule has 0 spiro atoms. The fourth-order valence-corrected chi connectivity index (χ4v) is 5.42. The Labute approximate surface area is 263 Å². The van der Waals surface area contributed by atoms with Gasteiger partial charge in [0, 0.05) is 62.0 Å². The Kier molecular flexibility index (Phi) is 9.57. The van der Waals surface area contributed by atoms with Crippen LogP contribution in [0.2, 0.25) is 0 Å². The van der Waals surface area contributed by atoms with E-state index in [-0.39, 0.29) is 18.1 Å². The molecule has 2 aliphatic heterocycles. The minimum atomic E-state index is -0.552. The zero-order valence-corrected chi connectivity index (χ0v) is 26.3. The number of aromatic nitrogens is 1. The maximum atomic E-state index is 13.3. The Morgan fingerprint density at radius 3 is 2.31 bits per heavy atom. The van der Waals surface area contributed by atoms with Crippen molar-refractivity contribution in [3.05, 3.63) is 71.4 Å². The van der Waals surface area contributed by atoms with Crippen LogP contribution in [-0.2, 0) is 9.47 Å². The number of hydrogen-bond donors (Lipinski definition) is 2. The van der Waals surface area contributed by atoms with Crippen LogP contribution in [0.4, 0.5) is 16.3 Å². The summed E-state index contributed by atoms with van der Waals surface area (Å²) in [5, 5.41) is 3.02. The Morgan fingerprint density at radius 2 is 1.67 bits per heavy atom. The quantitative estimate of drug-likeness (QED) is 0.378. The molecule has 0 bridgehead atoms. The van der Waals surface area contributed by atoms with Gasteiger partial charge >= 0.3 is 6.09 Å². The number of benzene rings is 2. The number of ether oxygens (including phenoxy) is 3. The number of morpholine rings is 1. The van der Waals surface area contributed by atoms with Crippen LogP contribution in [0.1, 0.15) is 59.9 Å². The van der Waals surface area contributed by atoms with Crippen LogP contribution in [0.15, 0.2) is 54.7 Å². The highest BCUT2D eigenvalue weighted by molar-refractivity contribution is 6.06. The summed E-state index contributed by atoms with van der Waals surface area (Å²) in [7, 11) is 0. The third-order valence-corrected chi connectivity index (χ3v) is 7.79.